The lowest BCUT2D eigenvalue weighted by atomic mass is 10.0. The molecular formula is C24H28ClN3O5. The van der Waals surface area contributed by atoms with Gasteiger partial charge in [-0.15, -0.1) is 0 Å². The van der Waals surface area contributed by atoms with Crippen LogP contribution >= 0.6 is 11.6 Å². The molecule has 0 spiro atoms. The third-order valence-corrected chi connectivity index (χ3v) is 5.63. The van der Waals surface area contributed by atoms with Crippen LogP contribution in [0.3, 0.4) is 0 Å². The lowest BCUT2D eigenvalue weighted by Gasteiger charge is -2.19. The molecule has 1 aliphatic rings. The van der Waals surface area contributed by atoms with Gasteiger partial charge >= 0.3 is 5.97 Å². The van der Waals surface area contributed by atoms with Crippen molar-refractivity contribution in [2.24, 2.45) is 5.92 Å². The molecule has 3 rings (SSSR count). The SMILES string of the molecule is CC(C)CC(NC(=O)c1ccc(Cl)cc1)C(=O)OCC(=O)c1c[nH]c(C(=O)N2CCCC2)c1. The largest absolute Gasteiger partial charge is 0.456 e. The van der Waals surface area contributed by atoms with Crippen molar-refractivity contribution in [1.82, 2.24) is 15.2 Å². The average Bonchev–Trinajstić information content (AvgIpc) is 3.49. The number of hydrogen-bond donors (Lipinski definition) is 2. The number of nitrogens with zero attached hydrogens (tertiary/aromatic N) is 1. The summed E-state index contributed by atoms with van der Waals surface area (Å²) in [5, 5.41) is 3.17. The number of H-pyrrole nitrogens is 1. The number of amides is 2. The molecule has 1 aromatic heterocycles. The minimum absolute atomic E-state index is 0.104. The Morgan fingerprint density at radius 3 is 2.39 bits per heavy atom. The molecule has 1 unspecified atom stereocenters. The van der Waals surface area contributed by atoms with Crippen LogP contribution in [0.1, 0.15) is 64.3 Å². The summed E-state index contributed by atoms with van der Waals surface area (Å²) in [4.78, 5) is 54.7. The average molecular weight is 474 g/mol. The topological polar surface area (TPSA) is 109 Å². The number of halogens is 1. The van der Waals surface area contributed by atoms with Gasteiger partial charge in [0.2, 0.25) is 5.78 Å². The number of ether oxygens (including phenoxy) is 1. The van der Waals surface area contributed by atoms with E-state index in [2.05, 4.69) is 10.3 Å². The van der Waals surface area contributed by atoms with Crippen molar-refractivity contribution in [2.75, 3.05) is 19.7 Å². The highest BCUT2D eigenvalue weighted by Gasteiger charge is 2.26. The van der Waals surface area contributed by atoms with Gasteiger partial charge in [-0.05, 0) is 55.5 Å². The lowest BCUT2D eigenvalue weighted by molar-refractivity contribution is -0.145. The van der Waals surface area contributed by atoms with Gasteiger partial charge in [0.25, 0.3) is 11.8 Å². The zero-order valence-electron chi connectivity index (χ0n) is 18.7. The maximum absolute atomic E-state index is 12.6. The number of aromatic nitrogens is 1. The Morgan fingerprint density at radius 2 is 1.76 bits per heavy atom. The summed E-state index contributed by atoms with van der Waals surface area (Å²) >= 11 is 5.85. The van der Waals surface area contributed by atoms with Crippen molar-refractivity contribution < 1.29 is 23.9 Å². The van der Waals surface area contributed by atoms with Gasteiger partial charge in [-0.25, -0.2) is 4.79 Å². The van der Waals surface area contributed by atoms with E-state index in [1.807, 2.05) is 13.8 Å². The van der Waals surface area contributed by atoms with Crippen molar-refractivity contribution in [3.8, 4) is 0 Å². The summed E-state index contributed by atoms with van der Waals surface area (Å²) in [5.41, 5.74) is 0.954. The quantitative estimate of drug-likeness (QED) is 0.428. The highest BCUT2D eigenvalue weighted by molar-refractivity contribution is 6.30. The van der Waals surface area contributed by atoms with Gasteiger partial charge in [0.05, 0.1) is 0 Å². The van der Waals surface area contributed by atoms with Gasteiger partial charge in [-0.1, -0.05) is 25.4 Å². The molecule has 1 aromatic carbocycles. The number of esters is 1. The van der Waals surface area contributed by atoms with E-state index in [0.29, 0.717) is 35.8 Å². The molecular weight excluding hydrogens is 446 g/mol. The summed E-state index contributed by atoms with van der Waals surface area (Å²) < 4.78 is 5.21. The van der Waals surface area contributed by atoms with E-state index in [1.165, 1.54) is 12.3 Å². The molecule has 2 amide bonds. The molecule has 0 radical (unpaired) electrons. The fraction of sp³-hybridized carbons (Fsp3) is 0.417. The number of hydrogen-bond acceptors (Lipinski definition) is 5. The summed E-state index contributed by atoms with van der Waals surface area (Å²) in [6, 6.07) is 6.87. The number of carbonyl (C=O) groups excluding carboxylic acids is 4. The second-order valence-corrected chi connectivity index (χ2v) is 8.93. The first-order valence-corrected chi connectivity index (χ1v) is 11.4. The predicted octanol–water partition coefficient (Wildman–Crippen LogP) is 3.47. The minimum Gasteiger partial charge on any atom is -0.456 e. The maximum Gasteiger partial charge on any atom is 0.329 e. The van der Waals surface area contributed by atoms with Gasteiger partial charge in [0.15, 0.2) is 6.61 Å². The van der Waals surface area contributed by atoms with E-state index in [9.17, 15) is 19.2 Å². The van der Waals surface area contributed by atoms with Crippen molar-refractivity contribution in [3.63, 3.8) is 0 Å². The molecule has 1 aliphatic heterocycles. The molecule has 2 aromatic rings. The lowest BCUT2D eigenvalue weighted by Crippen LogP contribution is -2.43. The fourth-order valence-electron chi connectivity index (χ4n) is 3.62. The third kappa shape index (κ3) is 6.68. The highest BCUT2D eigenvalue weighted by Crippen LogP contribution is 2.15. The Morgan fingerprint density at radius 1 is 1.09 bits per heavy atom. The number of nitrogens with one attached hydrogen (secondary N) is 2. The molecule has 8 nitrogen and oxygen atoms in total. The van der Waals surface area contributed by atoms with Crippen LogP contribution in [0.25, 0.3) is 0 Å². The van der Waals surface area contributed by atoms with E-state index in [0.717, 1.165) is 12.8 Å². The summed E-state index contributed by atoms with van der Waals surface area (Å²) in [5.74, 6) is -1.61. The molecule has 1 atom stereocenters. The van der Waals surface area contributed by atoms with Gasteiger partial charge < -0.3 is 19.9 Å². The Balaban J connectivity index is 1.58. The Hall–Kier alpha value is -3.13. The van der Waals surface area contributed by atoms with E-state index in [1.54, 1.807) is 29.2 Å². The Kier molecular flexibility index (Phi) is 8.27. The Labute approximate surface area is 197 Å². The monoisotopic (exact) mass is 473 g/mol. The first-order valence-electron chi connectivity index (χ1n) is 11.0. The van der Waals surface area contributed by atoms with Crippen LogP contribution in [-0.4, -0.2) is 59.2 Å². The third-order valence-electron chi connectivity index (χ3n) is 5.38. The number of aromatic amines is 1. The molecule has 2 N–H and O–H groups in total. The highest BCUT2D eigenvalue weighted by atomic mass is 35.5. The molecule has 9 heteroatoms. The van der Waals surface area contributed by atoms with Gasteiger partial charge in [-0.2, -0.15) is 0 Å². The number of carbonyl (C=O) groups is 4. The number of likely N-dealkylation sites (tertiary alicyclic amines) is 1. The molecule has 1 fully saturated rings. The maximum atomic E-state index is 12.6. The van der Waals surface area contributed by atoms with Crippen molar-refractivity contribution >= 4 is 35.2 Å². The summed E-state index contributed by atoms with van der Waals surface area (Å²) in [6.45, 7) is 4.76. The number of benzene rings is 1. The van der Waals surface area contributed by atoms with Crippen LogP contribution in [0, 0.1) is 5.92 Å². The van der Waals surface area contributed by atoms with Gasteiger partial charge in [0.1, 0.15) is 11.7 Å². The number of rotatable bonds is 9. The number of Topliss-reactive ketones (excluding diaryl/α,β-unsaturated/α-hetero) is 1. The van der Waals surface area contributed by atoms with E-state index < -0.39 is 30.3 Å². The molecule has 0 bridgehead atoms. The first kappa shape index (κ1) is 24.5. The Bertz CT molecular complexity index is 1010. The molecule has 1 saturated heterocycles. The summed E-state index contributed by atoms with van der Waals surface area (Å²) in [6.07, 6.45) is 3.74. The predicted molar refractivity (Wildman–Crippen MR) is 123 cm³/mol. The zero-order valence-corrected chi connectivity index (χ0v) is 19.5. The van der Waals surface area contributed by atoms with Crippen LogP contribution in [-0.2, 0) is 9.53 Å². The van der Waals surface area contributed by atoms with Crippen LogP contribution in [0.5, 0.6) is 0 Å². The van der Waals surface area contributed by atoms with Crippen molar-refractivity contribution in [1.29, 1.82) is 0 Å². The zero-order chi connectivity index (χ0) is 24.0. The normalized spacial score (nSPS) is 14.2. The van der Waals surface area contributed by atoms with Crippen LogP contribution in [0.2, 0.25) is 5.02 Å². The smallest absolute Gasteiger partial charge is 0.329 e. The van der Waals surface area contributed by atoms with Crippen molar-refractivity contribution in [3.05, 3.63) is 58.4 Å². The van der Waals surface area contributed by atoms with Crippen LogP contribution < -0.4 is 5.32 Å². The molecule has 33 heavy (non-hydrogen) atoms. The molecule has 0 saturated carbocycles. The van der Waals surface area contributed by atoms with E-state index in [-0.39, 0.29) is 17.4 Å². The van der Waals surface area contributed by atoms with E-state index >= 15 is 0 Å². The molecule has 2 heterocycles. The minimum atomic E-state index is -0.903. The standard InChI is InChI=1S/C24H28ClN3O5/c1-15(2)11-20(27-22(30)16-5-7-18(25)8-6-16)24(32)33-14-21(29)17-12-19(26-13-17)23(31)28-9-3-4-10-28/h5-8,12-13,15,20,26H,3-4,9-11,14H2,1-2H3,(H,27,30). The second-order valence-electron chi connectivity index (χ2n) is 8.49. The second kappa shape index (κ2) is 11.1. The van der Waals surface area contributed by atoms with Gasteiger partial charge in [-0.3, -0.25) is 14.4 Å². The van der Waals surface area contributed by atoms with Gasteiger partial charge in [0, 0.05) is 35.4 Å². The fourth-order valence-corrected chi connectivity index (χ4v) is 3.74. The molecule has 0 aliphatic carbocycles. The summed E-state index contributed by atoms with van der Waals surface area (Å²) in [7, 11) is 0. The van der Waals surface area contributed by atoms with E-state index in [4.69, 9.17) is 16.3 Å². The molecule has 176 valence electrons. The number of ketones is 1. The van der Waals surface area contributed by atoms with Crippen LogP contribution in [0.4, 0.5) is 0 Å². The van der Waals surface area contributed by atoms with Crippen LogP contribution in [0.15, 0.2) is 36.5 Å². The van der Waals surface area contributed by atoms with Crippen molar-refractivity contribution in [2.45, 2.75) is 39.2 Å². The first-order chi connectivity index (χ1) is 15.7.